The number of hydrogen-bond donors (Lipinski definition) is 0. The van der Waals surface area contributed by atoms with Crippen LogP contribution in [0.5, 0.6) is 0 Å². The van der Waals surface area contributed by atoms with Crippen LogP contribution in [0, 0.1) is 96.9 Å². The number of hydrogen-bond acceptors (Lipinski definition) is 4. The largest absolute Gasteiger partial charge is 0.295 e. The van der Waals surface area contributed by atoms with Crippen molar-refractivity contribution in [3.05, 3.63) is 305 Å². The van der Waals surface area contributed by atoms with Gasteiger partial charge in [0.2, 0.25) is 22.8 Å². The number of fused-ring (bicyclic) bond motifs is 4. The van der Waals surface area contributed by atoms with Crippen molar-refractivity contribution in [1.82, 2.24) is 38.2 Å². The summed E-state index contributed by atoms with van der Waals surface area (Å²) in [5, 5.41) is 0. The molecule has 8 heterocycles. The van der Waals surface area contributed by atoms with Crippen molar-refractivity contribution in [3.63, 3.8) is 0 Å². The van der Waals surface area contributed by atoms with E-state index in [1.807, 2.05) is 0 Å². The second kappa shape index (κ2) is 43.9. The van der Waals surface area contributed by atoms with Crippen LogP contribution in [0.1, 0.15) is 344 Å². The lowest BCUT2D eigenvalue weighted by molar-refractivity contribution is -0.659. The van der Waals surface area contributed by atoms with E-state index in [1.165, 1.54) is 201 Å². The number of nitrogens with zero attached hydrogens (tertiary/aromatic N) is 12. The second-order valence-electron chi connectivity index (χ2n) is 39.9. The molecule has 0 fully saturated rings. The Labute approximate surface area is 815 Å². The SMILES string of the molecule is C.C.C.C.C.CCc1nc2c(-c3cc(C)cc(C)c3C)[n+](C)ccc2n1-c1c(C(C)C)cccc1C(C)C.CCc1nc2c(-c3cc(C)cc(C)c3C)[n+](C)ccc2n1-c1c(C(C)C)cccc1C(C)C.Cc1cc(C)c(C)c(-c2c3nc(C)n(-c4c(C(C)C)cccc4C(C)C)c3cc[n+]2C)c1.Cc1cc(C)c(C)c(-c2c3nc(C)n(-c4c(C(C)C)cccc4C(C)C)c3cc[n+]2C)c1. The molecule has 0 saturated heterocycles. The van der Waals surface area contributed by atoms with Crippen LogP contribution < -0.4 is 18.3 Å². The first kappa shape index (κ1) is 109. The Hall–Kier alpha value is -11.8. The molecule has 0 bridgehead atoms. The molecule has 0 amide bonds. The highest BCUT2D eigenvalue weighted by Crippen LogP contribution is 2.44. The summed E-state index contributed by atoms with van der Waals surface area (Å²) in [6, 6.07) is 54.3. The van der Waals surface area contributed by atoms with Gasteiger partial charge in [-0.15, -0.1) is 0 Å². The molecule has 0 saturated carbocycles. The maximum atomic E-state index is 5.29. The first-order valence-electron chi connectivity index (χ1n) is 47.9. The minimum atomic E-state index is 0. The summed E-state index contributed by atoms with van der Waals surface area (Å²) in [5.74, 6) is 7.76. The minimum Gasteiger partial charge on any atom is -0.295 e. The molecule has 716 valence electrons. The number of benzene rings is 8. The third-order valence-electron chi connectivity index (χ3n) is 27.4. The van der Waals surface area contributed by atoms with Crippen LogP contribution in [-0.4, -0.2) is 38.2 Å². The fraction of sp³-hybridized carbons (Fsp3) is 0.415. The Bertz CT molecular complexity index is 6470. The van der Waals surface area contributed by atoms with Gasteiger partial charge in [-0.05, 0) is 258 Å². The van der Waals surface area contributed by atoms with Gasteiger partial charge in [0.15, 0.2) is 46.9 Å². The monoisotopic (exact) mass is 1810 g/mol. The zero-order valence-corrected chi connectivity index (χ0v) is 85.6. The molecule has 12 heteroatoms. The van der Waals surface area contributed by atoms with Gasteiger partial charge in [-0.2, -0.15) is 18.3 Å². The number of aromatic nitrogens is 12. The van der Waals surface area contributed by atoms with Crippen molar-refractivity contribution in [1.29, 1.82) is 0 Å². The van der Waals surface area contributed by atoms with E-state index in [-0.39, 0.29) is 37.1 Å². The van der Waals surface area contributed by atoms with E-state index in [4.69, 9.17) is 19.9 Å². The van der Waals surface area contributed by atoms with E-state index in [2.05, 4.69) is 457 Å². The average molecular weight is 1810 g/mol. The molecule has 0 aliphatic heterocycles. The van der Waals surface area contributed by atoms with Crippen molar-refractivity contribution in [2.75, 3.05) is 0 Å². The molecule has 16 aromatic rings. The summed E-state index contributed by atoms with van der Waals surface area (Å²) in [5.41, 5.74) is 50.8. The Morgan fingerprint density at radius 3 is 0.607 bits per heavy atom. The molecule has 0 aliphatic carbocycles. The highest BCUT2D eigenvalue weighted by molar-refractivity contribution is 5.95. The molecule has 0 N–H and O–H groups in total. The Morgan fingerprint density at radius 1 is 0.244 bits per heavy atom. The first-order valence-corrected chi connectivity index (χ1v) is 47.9. The topological polar surface area (TPSA) is 86.8 Å². The quantitative estimate of drug-likeness (QED) is 0.0801. The van der Waals surface area contributed by atoms with Gasteiger partial charge in [-0.3, -0.25) is 18.3 Å². The fourth-order valence-electron chi connectivity index (χ4n) is 20.1. The zero-order chi connectivity index (χ0) is 94.7. The minimum absolute atomic E-state index is 0. The van der Waals surface area contributed by atoms with Gasteiger partial charge in [0.25, 0.3) is 0 Å². The molecule has 12 nitrogen and oxygen atoms in total. The van der Waals surface area contributed by atoms with Gasteiger partial charge < -0.3 is 0 Å². The van der Waals surface area contributed by atoms with Gasteiger partial charge in [0, 0.05) is 37.1 Å². The normalized spacial score (nSPS) is 11.4. The van der Waals surface area contributed by atoms with Crippen molar-refractivity contribution >= 4 is 44.1 Å². The molecular formula is C123H168N12+4. The van der Waals surface area contributed by atoms with Crippen LogP contribution in [0.15, 0.2) is 170 Å². The lowest BCUT2D eigenvalue weighted by Gasteiger charge is -2.22. The number of rotatable bonds is 18. The third kappa shape index (κ3) is 20.7. The number of imidazole rings is 4. The Balaban J connectivity index is 0.000000219. The summed E-state index contributed by atoms with van der Waals surface area (Å²) in [7, 11) is 8.53. The van der Waals surface area contributed by atoms with Gasteiger partial charge >= 0.3 is 0 Å². The standard InChI is InChI=1S/2C30H38N3.2C29H36N3.5CH4/c2*1-10-27-31-28-26(33(27)29-23(18(2)3)12-11-13-24(29)19(4)5)14-15-32(9)30(28)25-17-20(6)16-21(7)22(25)8;2*1-17(2)23-11-10-12-24(18(3)4)28(23)32-22(8)30-27-26(32)13-14-31(9)29(27)25-16-19(5)15-20(6)21(25)7;;;;;/h2*11-19H,10H2,1-9H3;2*10-18H,1-9H3;5*1H4/q4*+1;;;;;. The van der Waals surface area contributed by atoms with Crippen LogP contribution in [-0.2, 0) is 41.0 Å². The van der Waals surface area contributed by atoms with Crippen molar-refractivity contribution in [2.24, 2.45) is 28.2 Å². The van der Waals surface area contributed by atoms with E-state index in [9.17, 15) is 0 Å². The Kier molecular flexibility index (Phi) is 35.3. The van der Waals surface area contributed by atoms with E-state index >= 15 is 0 Å². The lowest BCUT2D eigenvalue weighted by atomic mass is 9.92. The molecular weight excluding hydrogens is 1650 g/mol. The van der Waals surface area contributed by atoms with Crippen LogP contribution in [0.2, 0.25) is 0 Å². The van der Waals surface area contributed by atoms with Crippen LogP contribution in [0.3, 0.4) is 0 Å². The summed E-state index contributed by atoms with van der Waals surface area (Å²) in [4.78, 5) is 20.9. The highest BCUT2D eigenvalue weighted by Gasteiger charge is 2.33. The predicted molar refractivity (Wildman–Crippen MR) is 582 cm³/mol. The van der Waals surface area contributed by atoms with Gasteiger partial charge in [0.05, 0.1) is 67.1 Å². The molecule has 0 atom stereocenters. The van der Waals surface area contributed by atoms with Crippen LogP contribution >= 0.6 is 0 Å². The van der Waals surface area contributed by atoms with Crippen molar-refractivity contribution < 1.29 is 18.3 Å². The highest BCUT2D eigenvalue weighted by atomic mass is 15.1. The molecule has 135 heavy (non-hydrogen) atoms. The van der Waals surface area contributed by atoms with E-state index in [1.54, 1.807) is 0 Å². The Morgan fingerprint density at radius 2 is 0.422 bits per heavy atom. The summed E-state index contributed by atoms with van der Waals surface area (Å²) < 4.78 is 18.6. The van der Waals surface area contributed by atoms with Gasteiger partial charge in [-0.1, -0.05) is 281 Å². The number of pyridine rings is 4. The van der Waals surface area contributed by atoms with Crippen molar-refractivity contribution in [2.45, 2.75) is 319 Å². The summed E-state index contributed by atoms with van der Waals surface area (Å²) >= 11 is 0. The fourth-order valence-corrected chi connectivity index (χ4v) is 20.1. The number of aryl methyl sites for hydroxylation is 16. The maximum Gasteiger partial charge on any atom is 0.240 e. The molecule has 0 radical (unpaired) electrons. The maximum absolute atomic E-state index is 5.29. The average Bonchev–Trinajstić information content (AvgIpc) is 1.57. The van der Waals surface area contributed by atoms with Crippen LogP contribution in [0.4, 0.5) is 0 Å². The third-order valence-corrected chi connectivity index (χ3v) is 27.4. The van der Waals surface area contributed by atoms with Crippen LogP contribution in [0.25, 0.3) is 112 Å². The van der Waals surface area contributed by atoms with Gasteiger partial charge in [0.1, 0.15) is 51.5 Å². The molecule has 16 rings (SSSR count). The second-order valence-corrected chi connectivity index (χ2v) is 39.9. The van der Waals surface area contributed by atoms with E-state index < -0.39 is 0 Å². The van der Waals surface area contributed by atoms with E-state index in [0.29, 0.717) is 47.3 Å². The molecule has 0 aliphatic rings. The molecule has 0 unspecified atom stereocenters. The molecule has 8 aromatic heterocycles. The predicted octanol–water partition coefficient (Wildman–Crippen LogP) is 31.7. The summed E-state index contributed by atoms with van der Waals surface area (Å²) in [6.07, 6.45) is 10.5. The smallest absolute Gasteiger partial charge is 0.240 e. The molecule has 8 aromatic carbocycles. The summed E-state index contributed by atoms with van der Waals surface area (Å²) in [6.45, 7) is 71.7. The lowest BCUT2D eigenvalue weighted by Crippen LogP contribution is -2.31. The van der Waals surface area contributed by atoms with Crippen molar-refractivity contribution in [3.8, 4) is 67.8 Å². The van der Waals surface area contributed by atoms with Gasteiger partial charge in [-0.25, -0.2) is 19.9 Å². The first-order chi connectivity index (χ1) is 61.5. The van der Waals surface area contributed by atoms with E-state index in [0.717, 1.165) is 58.2 Å². The zero-order valence-electron chi connectivity index (χ0n) is 85.6. The number of para-hydroxylation sites is 4. The molecule has 0 spiro atoms.